The van der Waals surface area contributed by atoms with Crippen molar-refractivity contribution in [3.05, 3.63) is 35.9 Å². The second-order valence-electron chi connectivity index (χ2n) is 5.56. The van der Waals surface area contributed by atoms with Crippen LogP contribution in [-0.2, 0) is 11.2 Å². The van der Waals surface area contributed by atoms with Gasteiger partial charge in [0.15, 0.2) is 0 Å². The SMILES string of the molecule is CC(CCc1ccccc1)NC(=O)N1CCCC1C(=O)O. The molecule has 2 N–H and O–H groups in total. The number of urea groups is 1. The molecule has 1 aliphatic heterocycles. The molecule has 1 saturated heterocycles. The van der Waals surface area contributed by atoms with E-state index in [1.807, 2.05) is 25.1 Å². The summed E-state index contributed by atoms with van der Waals surface area (Å²) in [4.78, 5) is 24.7. The molecule has 21 heavy (non-hydrogen) atoms. The van der Waals surface area contributed by atoms with Gasteiger partial charge in [0.2, 0.25) is 0 Å². The average molecular weight is 290 g/mol. The van der Waals surface area contributed by atoms with Crippen molar-refractivity contribution in [3.63, 3.8) is 0 Å². The molecular weight excluding hydrogens is 268 g/mol. The number of carboxylic acids is 1. The Labute approximate surface area is 125 Å². The van der Waals surface area contributed by atoms with Crippen LogP contribution in [0.1, 0.15) is 31.7 Å². The number of aliphatic carboxylic acids is 1. The first-order chi connectivity index (χ1) is 10.1. The van der Waals surface area contributed by atoms with Gasteiger partial charge in [-0.2, -0.15) is 0 Å². The normalized spacial score (nSPS) is 19.3. The summed E-state index contributed by atoms with van der Waals surface area (Å²) >= 11 is 0. The molecule has 2 amide bonds. The Balaban J connectivity index is 1.80. The fourth-order valence-electron chi connectivity index (χ4n) is 2.66. The van der Waals surface area contributed by atoms with E-state index in [1.165, 1.54) is 10.5 Å². The molecule has 0 aliphatic carbocycles. The molecule has 0 aromatic heterocycles. The number of likely N-dealkylation sites (tertiary alicyclic amines) is 1. The zero-order valence-corrected chi connectivity index (χ0v) is 12.3. The van der Waals surface area contributed by atoms with Gasteiger partial charge in [0.25, 0.3) is 0 Å². The van der Waals surface area contributed by atoms with Gasteiger partial charge in [-0.1, -0.05) is 30.3 Å². The molecule has 1 aliphatic rings. The highest BCUT2D eigenvalue weighted by Crippen LogP contribution is 2.17. The summed E-state index contributed by atoms with van der Waals surface area (Å²) in [6.07, 6.45) is 3.02. The molecule has 0 radical (unpaired) electrons. The highest BCUT2D eigenvalue weighted by molar-refractivity contribution is 5.83. The molecule has 1 heterocycles. The van der Waals surface area contributed by atoms with E-state index in [2.05, 4.69) is 17.4 Å². The first kappa shape index (κ1) is 15.4. The standard InChI is InChI=1S/C16H22N2O3/c1-12(9-10-13-6-3-2-4-7-13)17-16(21)18-11-5-8-14(18)15(19)20/h2-4,6-7,12,14H,5,8-11H2,1H3,(H,17,21)(H,19,20). The Kier molecular flexibility index (Phi) is 5.20. The van der Waals surface area contributed by atoms with Gasteiger partial charge < -0.3 is 15.3 Å². The van der Waals surface area contributed by atoms with Crippen molar-refractivity contribution in [2.24, 2.45) is 0 Å². The van der Waals surface area contributed by atoms with Crippen LogP contribution in [0.2, 0.25) is 0 Å². The van der Waals surface area contributed by atoms with Crippen LogP contribution in [0, 0.1) is 0 Å². The summed E-state index contributed by atoms with van der Waals surface area (Å²) in [7, 11) is 0. The van der Waals surface area contributed by atoms with Crippen LogP contribution in [-0.4, -0.2) is 40.6 Å². The first-order valence-electron chi connectivity index (χ1n) is 7.42. The van der Waals surface area contributed by atoms with E-state index >= 15 is 0 Å². The number of carbonyl (C=O) groups is 2. The maximum Gasteiger partial charge on any atom is 0.326 e. The average Bonchev–Trinajstić information content (AvgIpc) is 2.96. The van der Waals surface area contributed by atoms with Gasteiger partial charge in [0.1, 0.15) is 6.04 Å². The number of hydrogen-bond acceptors (Lipinski definition) is 2. The van der Waals surface area contributed by atoms with E-state index in [-0.39, 0.29) is 12.1 Å². The van der Waals surface area contributed by atoms with Crippen molar-refractivity contribution in [1.82, 2.24) is 10.2 Å². The molecule has 2 unspecified atom stereocenters. The lowest BCUT2D eigenvalue weighted by Crippen LogP contribution is -2.48. The van der Waals surface area contributed by atoms with E-state index in [9.17, 15) is 9.59 Å². The molecule has 1 aromatic carbocycles. The summed E-state index contributed by atoms with van der Waals surface area (Å²) in [5.41, 5.74) is 1.24. The van der Waals surface area contributed by atoms with E-state index in [1.54, 1.807) is 0 Å². The largest absolute Gasteiger partial charge is 0.480 e. The Morgan fingerprint density at radius 1 is 1.38 bits per heavy atom. The molecule has 5 nitrogen and oxygen atoms in total. The van der Waals surface area contributed by atoms with Crippen LogP contribution in [0.25, 0.3) is 0 Å². The summed E-state index contributed by atoms with van der Waals surface area (Å²) in [5.74, 6) is -0.917. The third-order valence-electron chi connectivity index (χ3n) is 3.88. The Morgan fingerprint density at radius 2 is 2.10 bits per heavy atom. The third kappa shape index (κ3) is 4.21. The van der Waals surface area contributed by atoms with Crippen molar-refractivity contribution in [1.29, 1.82) is 0 Å². The minimum Gasteiger partial charge on any atom is -0.480 e. The number of aryl methyl sites for hydroxylation is 1. The van der Waals surface area contributed by atoms with Crippen molar-refractivity contribution in [3.8, 4) is 0 Å². The van der Waals surface area contributed by atoms with Crippen molar-refractivity contribution < 1.29 is 14.7 Å². The number of rotatable bonds is 5. The second kappa shape index (κ2) is 7.11. The molecule has 2 rings (SSSR count). The minimum absolute atomic E-state index is 0.0211. The van der Waals surface area contributed by atoms with E-state index in [4.69, 9.17) is 5.11 Å². The summed E-state index contributed by atoms with van der Waals surface area (Å²) in [6, 6.07) is 9.19. The summed E-state index contributed by atoms with van der Waals surface area (Å²) < 4.78 is 0. The number of nitrogens with one attached hydrogen (secondary N) is 1. The zero-order valence-electron chi connectivity index (χ0n) is 12.3. The van der Waals surface area contributed by atoms with Gasteiger partial charge in [-0.3, -0.25) is 0 Å². The molecule has 0 spiro atoms. The quantitative estimate of drug-likeness (QED) is 0.874. The van der Waals surface area contributed by atoms with Crippen LogP contribution in [0.4, 0.5) is 4.79 Å². The molecule has 1 aromatic rings. The first-order valence-corrected chi connectivity index (χ1v) is 7.42. The molecule has 0 saturated carbocycles. The van der Waals surface area contributed by atoms with Gasteiger partial charge in [0.05, 0.1) is 0 Å². The summed E-state index contributed by atoms with van der Waals surface area (Å²) in [5, 5.41) is 12.0. The lowest BCUT2D eigenvalue weighted by atomic mass is 10.1. The highest BCUT2D eigenvalue weighted by atomic mass is 16.4. The fourth-order valence-corrected chi connectivity index (χ4v) is 2.66. The fraction of sp³-hybridized carbons (Fsp3) is 0.500. The van der Waals surface area contributed by atoms with E-state index < -0.39 is 12.0 Å². The monoisotopic (exact) mass is 290 g/mol. The smallest absolute Gasteiger partial charge is 0.326 e. The van der Waals surface area contributed by atoms with Crippen molar-refractivity contribution in [2.75, 3.05) is 6.54 Å². The lowest BCUT2D eigenvalue weighted by Gasteiger charge is -2.24. The van der Waals surface area contributed by atoms with Gasteiger partial charge in [-0.25, -0.2) is 9.59 Å². The number of hydrogen-bond donors (Lipinski definition) is 2. The van der Waals surface area contributed by atoms with Crippen LogP contribution < -0.4 is 5.32 Å². The van der Waals surface area contributed by atoms with Crippen LogP contribution in [0.5, 0.6) is 0 Å². The Morgan fingerprint density at radius 3 is 2.76 bits per heavy atom. The maximum absolute atomic E-state index is 12.1. The Bertz CT molecular complexity index is 490. The molecule has 0 bridgehead atoms. The number of benzene rings is 1. The predicted molar refractivity (Wildman–Crippen MR) is 80.1 cm³/mol. The Hall–Kier alpha value is -2.04. The number of carbonyl (C=O) groups excluding carboxylic acids is 1. The minimum atomic E-state index is -0.917. The predicted octanol–water partition coefficient (Wildman–Crippen LogP) is 2.27. The van der Waals surface area contributed by atoms with Crippen LogP contribution >= 0.6 is 0 Å². The molecule has 2 atom stereocenters. The van der Waals surface area contributed by atoms with Crippen LogP contribution in [0.3, 0.4) is 0 Å². The van der Waals surface area contributed by atoms with Gasteiger partial charge >= 0.3 is 12.0 Å². The van der Waals surface area contributed by atoms with Crippen molar-refractivity contribution in [2.45, 2.75) is 44.7 Å². The van der Waals surface area contributed by atoms with Gasteiger partial charge in [0, 0.05) is 12.6 Å². The van der Waals surface area contributed by atoms with Crippen LogP contribution in [0.15, 0.2) is 30.3 Å². The molecule has 114 valence electrons. The van der Waals surface area contributed by atoms with Gasteiger partial charge in [-0.15, -0.1) is 0 Å². The number of carboxylic acid groups (broad SMARTS) is 1. The zero-order chi connectivity index (χ0) is 15.2. The van der Waals surface area contributed by atoms with Crippen molar-refractivity contribution >= 4 is 12.0 Å². The number of nitrogens with zero attached hydrogens (tertiary/aromatic N) is 1. The molecular formula is C16H22N2O3. The third-order valence-corrected chi connectivity index (χ3v) is 3.88. The topological polar surface area (TPSA) is 69.6 Å². The number of amides is 2. The molecule has 5 heteroatoms. The molecule has 1 fully saturated rings. The maximum atomic E-state index is 12.1. The van der Waals surface area contributed by atoms with Gasteiger partial charge in [-0.05, 0) is 38.2 Å². The lowest BCUT2D eigenvalue weighted by molar-refractivity contribution is -0.141. The second-order valence-corrected chi connectivity index (χ2v) is 5.56. The highest BCUT2D eigenvalue weighted by Gasteiger charge is 2.34. The van der Waals surface area contributed by atoms with E-state index in [0.717, 1.165) is 19.3 Å². The summed E-state index contributed by atoms with van der Waals surface area (Å²) in [6.45, 7) is 2.47. The van der Waals surface area contributed by atoms with E-state index in [0.29, 0.717) is 13.0 Å².